The summed E-state index contributed by atoms with van der Waals surface area (Å²) in [5.74, 6) is -0.610. The summed E-state index contributed by atoms with van der Waals surface area (Å²) < 4.78 is 4.74. The standard InChI is InChI=1S/C22H29N3O3/c1-5-25(6-2)15-18-9-7-8-10-19(18)23-14-21(26)24-20-13-17(22(27)28-4)12-11-16(20)3/h7-13,23H,5-6,14-15H2,1-4H3,(H,24,26). The molecule has 0 fully saturated rings. The predicted octanol–water partition coefficient (Wildman–Crippen LogP) is 3.67. The number of anilines is 2. The van der Waals surface area contributed by atoms with Gasteiger partial charge in [0.25, 0.3) is 0 Å². The van der Waals surface area contributed by atoms with Crippen LogP contribution >= 0.6 is 0 Å². The lowest BCUT2D eigenvalue weighted by molar-refractivity contribution is -0.114. The first-order valence-corrected chi connectivity index (χ1v) is 9.51. The van der Waals surface area contributed by atoms with Crippen molar-refractivity contribution in [3.05, 3.63) is 59.2 Å². The summed E-state index contributed by atoms with van der Waals surface area (Å²) >= 11 is 0. The van der Waals surface area contributed by atoms with E-state index in [4.69, 9.17) is 4.74 Å². The van der Waals surface area contributed by atoms with E-state index in [-0.39, 0.29) is 12.5 Å². The highest BCUT2D eigenvalue weighted by Gasteiger charge is 2.11. The Kier molecular flexibility index (Phi) is 8.02. The van der Waals surface area contributed by atoms with Gasteiger partial charge in [0.05, 0.1) is 19.2 Å². The maximum Gasteiger partial charge on any atom is 0.337 e. The Morgan fingerprint density at radius 3 is 2.43 bits per heavy atom. The number of amides is 1. The van der Waals surface area contributed by atoms with Crippen LogP contribution in [0.5, 0.6) is 0 Å². The van der Waals surface area contributed by atoms with Crippen molar-refractivity contribution in [2.75, 3.05) is 37.4 Å². The lowest BCUT2D eigenvalue weighted by Gasteiger charge is -2.20. The third kappa shape index (κ3) is 5.82. The number of hydrogen-bond donors (Lipinski definition) is 2. The van der Waals surface area contributed by atoms with Crippen LogP contribution in [0.4, 0.5) is 11.4 Å². The van der Waals surface area contributed by atoms with E-state index < -0.39 is 5.97 Å². The molecule has 0 saturated carbocycles. The smallest absolute Gasteiger partial charge is 0.337 e. The first kappa shape index (κ1) is 21.4. The van der Waals surface area contributed by atoms with Crippen LogP contribution in [0.2, 0.25) is 0 Å². The van der Waals surface area contributed by atoms with E-state index in [1.165, 1.54) is 7.11 Å². The summed E-state index contributed by atoms with van der Waals surface area (Å²) in [6.45, 7) is 9.07. The number of carbonyl (C=O) groups is 2. The predicted molar refractivity (Wildman–Crippen MR) is 113 cm³/mol. The van der Waals surface area contributed by atoms with Gasteiger partial charge in [0, 0.05) is 17.9 Å². The van der Waals surface area contributed by atoms with Gasteiger partial charge in [0.1, 0.15) is 0 Å². The minimum absolute atomic E-state index is 0.136. The Hall–Kier alpha value is -2.86. The molecule has 0 heterocycles. The number of para-hydroxylation sites is 1. The van der Waals surface area contributed by atoms with Crippen LogP contribution in [0.25, 0.3) is 0 Å². The van der Waals surface area contributed by atoms with E-state index >= 15 is 0 Å². The Bertz CT molecular complexity index is 816. The van der Waals surface area contributed by atoms with Crippen molar-refractivity contribution in [3.63, 3.8) is 0 Å². The molecule has 0 saturated heterocycles. The summed E-state index contributed by atoms with van der Waals surface area (Å²) in [4.78, 5) is 26.5. The fourth-order valence-electron chi connectivity index (χ4n) is 2.89. The zero-order valence-electron chi connectivity index (χ0n) is 17.0. The van der Waals surface area contributed by atoms with Crippen molar-refractivity contribution in [1.29, 1.82) is 0 Å². The van der Waals surface area contributed by atoms with Crippen LogP contribution in [0.3, 0.4) is 0 Å². The van der Waals surface area contributed by atoms with Crippen LogP contribution in [-0.2, 0) is 16.1 Å². The molecule has 28 heavy (non-hydrogen) atoms. The average molecular weight is 383 g/mol. The second-order valence-electron chi connectivity index (χ2n) is 6.54. The highest BCUT2D eigenvalue weighted by Crippen LogP contribution is 2.19. The van der Waals surface area contributed by atoms with Crippen molar-refractivity contribution >= 4 is 23.3 Å². The van der Waals surface area contributed by atoms with Crippen LogP contribution in [0.15, 0.2) is 42.5 Å². The Morgan fingerprint density at radius 1 is 1.04 bits per heavy atom. The third-order valence-electron chi connectivity index (χ3n) is 4.68. The molecule has 0 bridgehead atoms. The summed E-state index contributed by atoms with van der Waals surface area (Å²) in [5.41, 5.74) is 3.99. The molecular formula is C22H29N3O3. The van der Waals surface area contributed by atoms with Gasteiger partial charge in [-0.25, -0.2) is 4.79 Å². The molecule has 0 aliphatic heterocycles. The highest BCUT2D eigenvalue weighted by molar-refractivity contribution is 5.97. The number of nitrogens with zero attached hydrogens (tertiary/aromatic N) is 1. The van der Waals surface area contributed by atoms with Gasteiger partial charge in [-0.1, -0.05) is 38.1 Å². The fourth-order valence-corrected chi connectivity index (χ4v) is 2.89. The first-order chi connectivity index (χ1) is 13.5. The molecule has 0 aliphatic carbocycles. The molecule has 0 aromatic heterocycles. The highest BCUT2D eigenvalue weighted by atomic mass is 16.5. The lowest BCUT2D eigenvalue weighted by Crippen LogP contribution is -2.25. The van der Waals surface area contributed by atoms with Gasteiger partial charge in [0.2, 0.25) is 5.91 Å². The summed E-state index contributed by atoms with van der Waals surface area (Å²) in [7, 11) is 1.33. The SMILES string of the molecule is CCN(CC)Cc1ccccc1NCC(=O)Nc1cc(C(=O)OC)ccc1C. The monoisotopic (exact) mass is 383 g/mol. The number of benzene rings is 2. The van der Waals surface area contributed by atoms with Gasteiger partial charge in [-0.05, 0) is 49.3 Å². The van der Waals surface area contributed by atoms with Crippen molar-refractivity contribution < 1.29 is 14.3 Å². The number of aryl methyl sites for hydroxylation is 1. The fraction of sp³-hybridized carbons (Fsp3) is 0.364. The lowest BCUT2D eigenvalue weighted by atomic mass is 10.1. The number of esters is 1. The number of hydrogen-bond acceptors (Lipinski definition) is 5. The van der Waals surface area contributed by atoms with Crippen molar-refractivity contribution in [3.8, 4) is 0 Å². The maximum atomic E-state index is 12.4. The average Bonchev–Trinajstić information content (AvgIpc) is 2.72. The molecule has 1 amide bonds. The van der Waals surface area contributed by atoms with Gasteiger partial charge >= 0.3 is 5.97 Å². The second kappa shape index (κ2) is 10.5. The minimum Gasteiger partial charge on any atom is -0.465 e. The minimum atomic E-state index is -0.432. The second-order valence-corrected chi connectivity index (χ2v) is 6.54. The molecular weight excluding hydrogens is 354 g/mol. The summed E-state index contributed by atoms with van der Waals surface area (Å²) in [6, 6.07) is 13.1. The van der Waals surface area contributed by atoms with Gasteiger partial charge in [0.15, 0.2) is 0 Å². The topological polar surface area (TPSA) is 70.7 Å². The number of methoxy groups -OCH3 is 1. The molecule has 2 N–H and O–H groups in total. The number of nitrogens with one attached hydrogen (secondary N) is 2. The number of ether oxygens (including phenoxy) is 1. The van der Waals surface area contributed by atoms with Crippen molar-refractivity contribution in [2.45, 2.75) is 27.3 Å². The number of rotatable bonds is 9. The van der Waals surface area contributed by atoms with Gasteiger partial charge in [-0.3, -0.25) is 9.69 Å². The molecule has 0 aliphatic rings. The van der Waals surface area contributed by atoms with Gasteiger partial charge in [-0.2, -0.15) is 0 Å². The van der Waals surface area contributed by atoms with Crippen molar-refractivity contribution in [1.82, 2.24) is 4.90 Å². The van der Waals surface area contributed by atoms with E-state index in [1.807, 2.05) is 25.1 Å². The first-order valence-electron chi connectivity index (χ1n) is 9.51. The zero-order valence-corrected chi connectivity index (χ0v) is 17.0. The zero-order chi connectivity index (χ0) is 20.5. The maximum absolute atomic E-state index is 12.4. The molecule has 2 rings (SSSR count). The van der Waals surface area contributed by atoms with E-state index in [1.54, 1.807) is 18.2 Å². The number of carbonyl (C=O) groups excluding carboxylic acids is 2. The van der Waals surface area contributed by atoms with Crippen LogP contribution in [0, 0.1) is 6.92 Å². The Labute approximate surface area is 166 Å². The molecule has 150 valence electrons. The quantitative estimate of drug-likeness (QED) is 0.647. The molecule has 0 unspecified atom stereocenters. The summed E-state index contributed by atoms with van der Waals surface area (Å²) in [6.07, 6.45) is 0. The molecule has 6 heteroatoms. The van der Waals surface area contributed by atoms with Gasteiger partial charge in [-0.15, -0.1) is 0 Å². The Balaban J connectivity index is 2.03. The summed E-state index contributed by atoms with van der Waals surface area (Å²) in [5, 5.41) is 6.09. The Morgan fingerprint density at radius 2 is 1.75 bits per heavy atom. The van der Waals surface area contributed by atoms with Crippen molar-refractivity contribution in [2.24, 2.45) is 0 Å². The molecule has 0 spiro atoms. The molecule has 0 radical (unpaired) electrons. The van der Waals surface area contributed by atoms with E-state index in [2.05, 4.69) is 35.4 Å². The molecule has 6 nitrogen and oxygen atoms in total. The molecule has 0 atom stereocenters. The normalized spacial score (nSPS) is 10.6. The molecule has 2 aromatic rings. The van der Waals surface area contributed by atoms with E-state index in [0.29, 0.717) is 11.3 Å². The van der Waals surface area contributed by atoms with Crippen LogP contribution in [0.1, 0.15) is 35.3 Å². The third-order valence-corrected chi connectivity index (χ3v) is 4.68. The largest absolute Gasteiger partial charge is 0.465 e. The molecule has 2 aromatic carbocycles. The van der Waals surface area contributed by atoms with Crippen LogP contribution in [-0.4, -0.2) is 43.5 Å². The van der Waals surface area contributed by atoms with E-state index in [0.717, 1.165) is 36.4 Å². The van der Waals surface area contributed by atoms with Gasteiger partial charge < -0.3 is 15.4 Å². The van der Waals surface area contributed by atoms with Crippen LogP contribution < -0.4 is 10.6 Å². The van der Waals surface area contributed by atoms with E-state index in [9.17, 15) is 9.59 Å².